The zero-order valence-corrected chi connectivity index (χ0v) is 18.1. The average molecular weight is 468 g/mol. The summed E-state index contributed by atoms with van der Waals surface area (Å²) in [5, 5.41) is 2.15. The first-order chi connectivity index (χ1) is 14.4. The molecule has 1 saturated heterocycles. The molecule has 0 spiro atoms. The van der Waals surface area contributed by atoms with Crippen LogP contribution in [0, 0.1) is 0 Å². The van der Waals surface area contributed by atoms with Gasteiger partial charge in [0.1, 0.15) is 0 Å². The Morgan fingerprint density at radius 2 is 1.93 bits per heavy atom. The number of amides is 1. The number of furan rings is 1. The average Bonchev–Trinajstić information content (AvgIpc) is 3.41. The van der Waals surface area contributed by atoms with Gasteiger partial charge in [0.05, 0.1) is 19.8 Å². The van der Waals surface area contributed by atoms with Crippen LogP contribution in [0.1, 0.15) is 16.1 Å². The summed E-state index contributed by atoms with van der Waals surface area (Å²) in [5.41, 5.74) is 0.892. The number of rotatable bonds is 5. The fourth-order valence-electron chi connectivity index (χ4n) is 2.95. The molecule has 1 aliphatic rings. The summed E-state index contributed by atoms with van der Waals surface area (Å²) in [6.07, 6.45) is 1.80. The molecule has 8 nitrogen and oxygen atoms in total. The second-order valence-electron chi connectivity index (χ2n) is 6.46. The first kappa shape index (κ1) is 21.0. The molecule has 1 fully saturated rings. The third-order valence-electron chi connectivity index (χ3n) is 4.51. The number of aromatic nitrogens is 1. The second kappa shape index (κ2) is 8.86. The highest BCUT2D eigenvalue weighted by Gasteiger charge is 2.30. The molecular formula is C19H18ClN3O5S2. The molecule has 3 heterocycles. The summed E-state index contributed by atoms with van der Waals surface area (Å²) in [6, 6.07) is 10.0. The van der Waals surface area contributed by atoms with Crippen molar-refractivity contribution in [2.24, 2.45) is 4.99 Å². The predicted octanol–water partition coefficient (Wildman–Crippen LogP) is 2.61. The Kier molecular flexibility index (Phi) is 6.21. The van der Waals surface area contributed by atoms with Crippen molar-refractivity contribution in [2.75, 3.05) is 26.3 Å². The van der Waals surface area contributed by atoms with Gasteiger partial charge in [0, 0.05) is 29.7 Å². The Morgan fingerprint density at radius 1 is 1.17 bits per heavy atom. The minimum Gasteiger partial charge on any atom is -0.438 e. The van der Waals surface area contributed by atoms with Crippen molar-refractivity contribution in [3.8, 4) is 0 Å². The van der Waals surface area contributed by atoms with Crippen LogP contribution < -0.4 is 4.80 Å². The quantitative estimate of drug-likeness (QED) is 0.575. The monoisotopic (exact) mass is 467 g/mol. The minimum atomic E-state index is -3.81. The molecule has 158 valence electrons. The van der Waals surface area contributed by atoms with Gasteiger partial charge in [-0.15, -0.1) is 11.3 Å². The summed E-state index contributed by atoms with van der Waals surface area (Å²) in [6.45, 7) is 1.59. The van der Waals surface area contributed by atoms with Gasteiger partial charge in [0.15, 0.2) is 10.6 Å². The molecule has 1 aliphatic heterocycles. The maximum Gasteiger partial charge on any atom is 0.315 e. The van der Waals surface area contributed by atoms with Crippen molar-refractivity contribution in [1.29, 1.82) is 0 Å². The van der Waals surface area contributed by atoms with Crippen LogP contribution in [-0.4, -0.2) is 49.5 Å². The number of ether oxygens (including phenoxy) is 1. The van der Waals surface area contributed by atoms with Gasteiger partial charge in [-0.2, -0.15) is 9.30 Å². The van der Waals surface area contributed by atoms with E-state index in [1.807, 2.05) is 18.2 Å². The smallest absolute Gasteiger partial charge is 0.315 e. The van der Waals surface area contributed by atoms with Crippen LogP contribution in [0.4, 0.5) is 0 Å². The second-order valence-corrected chi connectivity index (χ2v) is 9.61. The zero-order chi connectivity index (χ0) is 21.1. The Hall–Kier alpha value is -2.24. The normalized spacial score (nSPS) is 16.1. The van der Waals surface area contributed by atoms with E-state index in [0.29, 0.717) is 29.6 Å². The van der Waals surface area contributed by atoms with Crippen LogP contribution in [0.15, 0.2) is 62.5 Å². The number of thiazole rings is 1. The van der Waals surface area contributed by atoms with Gasteiger partial charge in [-0.05, 0) is 23.8 Å². The van der Waals surface area contributed by atoms with Crippen LogP contribution in [0.2, 0.25) is 5.02 Å². The number of sulfonamides is 1. The van der Waals surface area contributed by atoms with Gasteiger partial charge in [0.2, 0.25) is 5.09 Å². The SMILES string of the molecule is O=C(N=c1sccn1Cc1ccccc1Cl)c1ccc(S(=O)(=O)N2CCOCC2)o1. The molecule has 2 aromatic heterocycles. The van der Waals surface area contributed by atoms with Crippen molar-refractivity contribution >= 4 is 38.9 Å². The van der Waals surface area contributed by atoms with Crippen LogP contribution in [0.5, 0.6) is 0 Å². The maximum atomic E-state index is 12.6. The molecule has 0 aliphatic carbocycles. The summed E-state index contributed by atoms with van der Waals surface area (Å²) < 4.78 is 38.9. The fraction of sp³-hybridized carbons (Fsp3) is 0.263. The number of halogens is 1. The molecule has 0 N–H and O–H groups in total. The summed E-state index contributed by atoms with van der Waals surface area (Å²) in [4.78, 5) is 17.1. The van der Waals surface area contributed by atoms with Gasteiger partial charge in [0.25, 0.3) is 10.0 Å². The fourth-order valence-corrected chi connectivity index (χ4v) is 5.19. The van der Waals surface area contributed by atoms with E-state index in [9.17, 15) is 13.2 Å². The number of benzene rings is 1. The number of carbonyl (C=O) groups is 1. The van der Waals surface area contributed by atoms with Gasteiger partial charge in [-0.3, -0.25) is 4.79 Å². The Bertz CT molecular complexity index is 1220. The molecule has 0 unspecified atom stereocenters. The third kappa shape index (κ3) is 4.42. The zero-order valence-electron chi connectivity index (χ0n) is 15.7. The van der Waals surface area contributed by atoms with Crippen LogP contribution in [0.3, 0.4) is 0 Å². The first-order valence-corrected chi connectivity index (χ1v) is 11.8. The molecule has 1 aromatic carbocycles. The number of nitrogens with zero attached hydrogens (tertiary/aromatic N) is 3. The summed E-state index contributed by atoms with van der Waals surface area (Å²) in [5.74, 6) is -0.798. The minimum absolute atomic E-state index is 0.139. The standard InChI is InChI=1S/C19H18ClN3O5S2/c20-15-4-2-1-3-14(15)13-22-9-12-29-19(22)21-18(24)16-5-6-17(28-16)30(25,26)23-7-10-27-11-8-23/h1-6,9,12H,7-8,10-11,13H2. The molecule has 30 heavy (non-hydrogen) atoms. The molecule has 4 rings (SSSR count). The molecule has 0 bridgehead atoms. The van der Waals surface area contributed by atoms with Crippen LogP contribution in [0.25, 0.3) is 0 Å². The Balaban J connectivity index is 1.56. The van der Waals surface area contributed by atoms with Crippen molar-refractivity contribution < 1.29 is 22.4 Å². The highest BCUT2D eigenvalue weighted by molar-refractivity contribution is 7.89. The molecule has 0 saturated carbocycles. The lowest BCUT2D eigenvalue weighted by atomic mass is 10.2. The predicted molar refractivity (Wildman–Crippen MR) is 111 cm³/mol. The van der Waals surface area contributed by atoms with Gasteiger partial charge in [-0.25, -0.2) is 8.42 Å². The highest BCUT2D eigenvalue weighted by atomic mass is 35.5. The van der Waals surface area contributed by atoms with E-state index >= 15 is 0 Å². The van der Waals surface area contributed by atoms with E-state index in [1.54, 1.807) is 22.2 Å². The van der Waals surface area contributed by atoms with Crippen molar-refractivity contribution in [3.63, 3.8) is 0 Å². The molecule has 0 atom stereocenters. The molecule has 11 heteroatoms. The van der Waals surface area contributed by atoms with E-state index < -0.39 is 15.9 Å². The van der Waals surface area contributed by atoms with Gasteiger partial charge < -0.3 is 13.7 Å². The molecule has 0 radical (unpaired) electrons. The van der Waals surface area contributed by atoms with E-state index in [-0.39, 0.29) is 23.9 Å². The van der Waals surface area contributed by atoms with E-state index in [4.69, 9.17) is 20.8 Å². The number of hydrogen-bond acceptors (Lipinski definition) is 6. The summed E-state index contributed by atoms with van der Waals surface area (Å²) >= 11 is 7.50. The summed E-state index contributed by atoms with van der Waals surface area (Å²) in [7, 11) is -3.81. The Labute approximate surface area is 182 Å². The molecular weight excluding hydrogens is 450 g/mol. The maximum absolute atomic E-state index is 12.6. The number of carbonyl (C=O) groups excluding carboxylic acids is 1. The lowest BCUT2D eigenvalue weighted by Gasteiger charge is -2.24. The van der Waals surface area contributed by atoms with Gasteiger partial charge in [-0.1, -0.05) is 29.8 Å². The van der Waals surface area contributed by atoms with E-state index in [0.717, 1.165) is 5.56 Å². The number of morpholine rings is 1. The lowest BCUT2D eigenvalue weighted by molar-refractivity contribution is 0.0723. The van der Waals surface area contributed by atoms with Crippen LogP contribution >= 0.6 is 22.9 Å². The van der Waals surface area contributed by atoms with Crippen molar-refractivity contribution in [1.82, 2.24) is 8.87 Å². The van der Waals surface area contributed by atoms with Crippen molar-refractivity contribution in [3.05, 3.63) is 69.1 Å². The third-order valence-corrected chi connectivity index (χ3v) is 7.45. The topological polar surface area (TPSA) is 94.1 Å². The Morgan fingerprint density at radius 3 is 2.70 bits per heavy atom. The van der Waals surface area contributed by atoms with E-state index in [1.165, 1.54) is 27.8 Å². The van der Waals surface area contributed by atoms with Crippen LogP contribution in [-0.2, 0) is 21.3 Å². The first-order valence-electron chi connectivity index (χ1n) is 9.09. The highest BCUT2D eigenvalue weighted by Crippen LogP contribution is 2.20. The number of hydrogen-bond donors (Lipinski definition) is 0. The van der Waals surface area contributed by atoms with Crippen molar-refractivity contribution in [2.45, 2.75) is 11.6 Å². The molecule has 1 amide bonds. The molecule has 3 aromatic rings. The van der Waals surface area contributed by atoms with Gasteiger partial charge >= 0.3 is 5.91 Å². The van der Waals surface area contributed by atoms with E-state index in [2.05, 4.69) is 4.99 Å². The lowest BCUT2D eigenvalue weighted by Crippen LogP contribution is -2.40. The largest absolute Gasteiger partial charge is 0.438 e.